The molecule has 3 amide bonds. The Kier molecular flexibility index (Phi) is 6.83. The first-order chi connectivity index (χ1) is 16.8. The first-order valence-corrected chi connectivity index (χ1v) is 13.6. The maximum Gasteiger partial charge on any atom is 0.321 e. The number of carbonyl (C=O) groups excluding carboxylic acids is 2. The number of hydrogen-bond donors (Lipinski definition) is 2. The normalized spacial score (nSPS) is 33.2. The Balaban J connectivity index is 1.29. The fourth-order valence-corrected chi connectivity index (χ4v) is 6.86. The average Bonchev–Trinajstić information content (AvgIpc) is 3.04. The number of carbonyl (C=O) groups is 2. The van der Waals surface area contributed by atoms with Crippen molar-refractivity contribution in [2.45, 2.75) is 75.0 Å². The standard InChI is InChI=1S/C28H42N4O3/c1-30(2)28(23-9-4-3-5-10-23)13-11-27(12-14-28)20-31(26(35)32(27)18-21-7-6-8-21)19-25(34)29-17-22-15-24(33)16-22/h3-5,9-10,21-22,24,33H,6-8,11-20H2,1-2H3,(H,29,34)/t22-,24+,27-,28+. The van der Waals surface area contributed by atoms with Crippen molar-refractivity contribution in [1.82, 2.24) is 20.0 Å². The number of nitrogens with one attached hydrogen (secondary N) is 1. The summed E-state index contributed by atoms with van der Waals surface area (Å²) in [6.45, 7) is 2.20. The van der Waals surface area contributed by atoms with Crippen LogP contribution >= 0.6 is 0 Å². The Morgan fingerprint density at radius 2 is 1.77 bits per heavy atom. The second-order valence-corrected chi connectivity index (χ2v) is 11.9. The number of urea groups is 1. The van der Waals surface area contributed by atoms with Crippen LogP contribution in [0.15, 0.2) is 30.3 Å². The zero-order chi connectivity index (χ0) is 24.6. The molecule has 35 heavy (non-hydrogen) atoms. The molecule has 0 radical (unpaired) electrons. The minimum Gasteiger partial charge on any atom is -0.393 e. The summed E-state index contributed by atoms with van der Waals surface area (Å²) in [5.41, 5.74) is 1.15. The van der Waals surface area contributed by atoms with Gasteiger partial charge in [0, 0.05) is 25.2 Å². The van der Waals surface area contributed by atoms with E-state index in [4.69, 9.17) is 0 Å². The molecule has 4 fully saturated rings. The lowest BCUT2D eigenvalue weighted by Gasteiger charge is -2.51. The fourth-order valence-electron chi connectivity index (χ4n) is 6.86. The summed E-state index contributed by atoms with van der Waals surface area (Å²) in [4.78, 5) is 32.7. The molecular weight excluding hydrogens is 440 g/mol. The SMILES string of the molecule is CN(C)[C@]1(c2ccccc2)CC[C@]2(CC1)CN(CC(=O)NC[C@H]1C[C@@H](O)C1)C(=O)N2CC1CCC1. The van der Waals surface area contributed by atoms with E-state index in [9.17, 15) is 14.7 Å². The minimum atomic E-state index is -0.214. The Morgan fingerprint density at radius 3 is 2.34 bits per heavy atom. The van der Waals surface area contributed by atoms with Gasteiger partial charge in [-0.1, -0.05) is 36.8 Å². The van der Waals surface area contributed by atoms with Crippen molar-refractivity contribution in [1.29, 1.82) is 0 Å². The molecular formula is C28H42N4O3. The third kappa shape index (κ3) is 4.69. The van der Waals surface area contributed by atoms with Gasteiger partial charge in [-0.05, 0) is 82.9 Å². The molecule has 1 heterocycles. The highest BCUT2D eigenvalue weighted by atomic mass is 16.3. The highest BCUT2D eigenvalue weighted by molar-refractivity contribution is 5.86. The monoisotopic (exact) mass is 482 g/mol. The van der Waals surface area contributed by atoms with Gasteiger partial charge in [0.2, 0.25) is 5.91 Å². The molecule has 1 aromatic rings. The van der Waals surface area contributed by atoms with E-state index in [0.717, 1.165) is 45.1 Å². The zero-order valence-electron chi connectivity index (χ0n) is 21.4. The van der Waals surface area contributed by atoms with Crippen LogP contribution in [-0.4, -0.2) is 83.7 Å². The number of benzene rings is 1. The van der Waals surface area contributed by atoms with E-state index in [1.807, 2.05) is 0 Å². The highest BCUT2D eigenvalue weighted by Gasteiger charge is 2.55. The molecule has 4 aliphatic rings. The summed E-state index contributed by atoms with van der Waals surface area (Å²) in [6, 6.07) is 10.8. The molecule has 7 nitrogen and oxygen atoms in total. The number of nitrogens with zero attached hydrogens (tertiary/aromatic N) is 3. The Hall–Kier alpha value is -2.12. The summed E-state index contributed by atoms with van der Waals surface area (Å²) >= 11 is 0. The Morgan fingerprint density at radius 1 is 1.09 bits per heavy atom. The summed E-state index contributed by atoms with van der Waals surface area (Å²) in [6.07, 6.45) is 8.90. The lowest BCUT2D eigenvalue weighted by atomic mass is 9.68. The van der Waals surface area contributed by atoms with Crippen LogP contribution in [0.4, 0.5) is 4.79 Å². The maximum atomic E-state index is 13.6. The second kappa shape index (κ2) is 9.74. The van der Waals surface area contributed by atoms with E-state index in [0.29, 0.717) is 24.9 Å². The number of aliphatic hydroxyl groups is 1. The van der Waals surface area contributed by atoms with Gasteiger partial charge in [0.25, 0.3) is 0 Å². The van der Waals surface area contributed by atoms with Crippen molar-refractivity contribution < 1.29 is 14.7 Å². The molecule has 1 spiro atoms. The van der Waals surface area contributed by atoms with E-state index in [-0.39, 0.29) is 35.7 Å². The molecule has 0 atom stereocenters. The van der Waals surface area contributed by atoms with Crippen molar-refractivity contribution in [2.24, 2.45) is 11.8 Å². The molecule has 0 unspecified atom stereocenters. The summed E-state index contributed by atoms with van der Waals surface area (Å²) < 4.78 is 0. The summed E-state index contributed by atoms with van der Waals surface area (Å²) in [5, 5.41) is 12.5. The van der Waals surface area contributed by atoms with E-state index < -0.39 is 0 Å². The van der Waals surface area contributed by atoms with Crippen molar-refractivity contribution in [3.63, 3.8) is 0 Å². The van der Waals surface area contributed by atoms with Crippen LogP contribution in [0.5, 0.6) is 0 Å². The number of hydrogen-bond acceptors (Lipinski definition) is 4. The maximum absolute atomic E-state index is 13.6. The fraction of sp³-hybridized carbons (Fsp3) is 0.714. The van der Waals surface area contributed by atoms with Crippen molar-refractivity contribution >= 4 is 11.9 Å². The van der Waals surface area contributed by atoms with E-state index in [2.05, 4.69) is 59.5 Å². The molecule has 0 bridgehead atoms. The van der Waals surface area contributed by atoms with Crippen LogP contribution < -0.4 is 5.32 Å². The van der Waals surface area contributed by atoms with Crippen molar-refractivity contribution in [2.75, 3.05) is 40.3 Å². The van der Waals surface area contributed by atoms with Crippen LogP contribution in [-0.2, 0) is 10.3 Å². The first kappa shape index (κ1) is 24.6. The third-order valence-corrected chi connectivity index (χ3v) is 9.53. The van der Waals surface area contributed by atoms with Crippen LogP contribution in [0.25, 0.3) is 0 Å². The van der Waals surface area contributed by atoms with Crippen LogP contribution in [0, 0.1) is 11.8 Å². The molecule has 3 saturated carbocycles. The van der Waals surface area contributed by atoms with Gasteiger partial charge in [-0.15, -0.1) is 0 Å². The van der Waals surface area contributed by atoms with Gasteiger partial charge in [-0.25, -0.2) is 4.79 Å². The smallest absolute Gasteiger partial charge is 0.321 e. The number of rotatable bonds is 8. The van der Waals surface area contributed by atoms with Gasteiger partial charge in [-0.2, -0.15) is 0 Å². The van der Waals surface area contributed by atoms with Gasteiger partial charge in [0.15, 0.2) is 0 Å². The van der Waals surface area contributed by atoms with E-state index in [1.165, 1.54) is 24.8 Å². The molecule has 2 N–H and O–H groups in total. The Labute approximate surface area is 209 Å². The quantitative estimate of drug-likeness (QED) is 0.597. The molecule has 1 saturated heterocycles. The molecule has 192 valence electrons. The molecule has 1 aromatic carbocycles. The van der Waals surface area contributed by atoms with E-state index in [1.54, 1.807) is 4.90 Å². The largest absolute Gasteiger partial charge is 0.393 e. The summed E-state index contributed by atoms with van der Waals surface area (Å²) in [5.74, 6) is 0.882. The van der Waals surface area contributed by atoms with Crippen LogP contribution in [0.2, 0.25) is 0 Å². The highest BCUT2D eigenvalue weighted by Crippen LogP contribution is 2.49. The number of aliphatic hydroxyl groups excluding tert-OH is 1. The topological polar surface area (TPSA) is 76.1 Å². The molecule has 7 heteroatoms. The van der Waals surface area contributed by atoms with Gasteiger partial charge in [0.1, 0.15) is 6.54 Å². The predicted molar refractivity (Wildman–Crippen MR) is 136 cm³/mol. The van der Waals surface area contributed by atoms with Crippen molar-refractivity contribution in [3.8, 4) is 0 Å². The van der Waals surface area contributed by atoms with Gasteiger partial charge in [0.05, 0.1) is 11.6 Å². The lowest BCUT2D eigenvalue weighted by Crippen LogP contribution is -2.56. The summed E-state index contributed by atoms with van der Waals surface area (Å²) in [7, 11) is 4.35. The Bertz CT molecular complexity index is 902. The predicted octanol–water partition coefficient (Wildman–Crippen LogP) is 3.18. The zero-order valence-corrected chi connectivity index (χ0v) is 21.4. The van der Waals surface area contributed by atoms with Crippen molar-refractivity contribution in [3.05, 3.63) is 35.9 Å². The second-order valence-electron chi connectivity index (χ2n) is 11.9. The molecule has 5 rings (SSSR count). The molecule has 0 aromatic heterocycles. The molecule has 1 aliphatic heterocycles. The minimum absolute atomic E-state index is 0.0180. The first-order valence-electron chi connectivity index (χ1n) is 13.6. The number of amides is 3. The average molecular weight is 483 g/mol. The molecule has 3 aliphatic carbocycles. The van der Waals surface area contributed by atoms with Gasteiger partial charge < -0.3 is 20.2 Å². The van der Waals surface area contributed by atoms with Gasteiger partial charge >= 0.3 is 6.03 Å². The van der Waals surface area contributed by atoms with Crippen LogP contribution in [0.3, 0.4) is 0 Å². The lowest BCUT2D eigenvalue weighted by molar-refractivity contribution is -0.122. The van der Waals surface area contributed by atoms with Crippen LogP contribution in [0.1, 0.15) is 63.4 Å². The van der Waals surface area contributed by atoms with E-state index >= 15 is 0 Å². The third-order valence-electron chi connectivity index (χ3n) is 9.53. The van der Waals surface area contributed by atoms with Gasteiger partial charge in [-0.3, -0.25) is 9.69 Å².